The Kier molecular flexibility index (Phi) is 5.46. The van der Waals surface area contributed by atoms with Crippen LogP contribution >= 0.6 is 0 Å². The predicted octanol–water partition coefficient (Wildman–Crippen LogP) is 2.37. The minimum atomic E-state index is -0.614. The molecule has 1 aliphatic heterocycles. The molecule has 0 spiro atoms. The zero-order chi connectivity index (χ0) is 20.2. The van der Waals surface area contributed by atoms with Crippen LogP contribution in [-0.2, 0) is 14.4 Å². The maximum atomic E-state index is 12.6. The van der Waals surface area contributed by atoms with Gasteiger partial charge in [0.15, 0.2) is 0 Å². The Morgan fingerprint density at radius 2 is 1.66 bits per heavy atom. The molecule has 0 aromatic heterocycles. The molecular weight excluding hydrogens is 370 g/mol. The lowest BCUT2D eigenvalue weighted by molar-refractivity contribution is -0.127. The van der Waals surface area contributed by atoms with Gasteiger partial charge in [-0.2, -0.15) is 0 Å². The molecule has 0 radical (unpaired) electrons. The number of ether oxygens (including phenoxy) is 1. The molecule has 1 heterocycles. The van der Waals surface area contributed by atoms with Crippen molar-refractivity contribution in [3.05, 3.63) is 54.6 Å². The predicted molar refractivity (Wildman–Crippen MR) is 108 cm³/mol. The number of para-hydroxylation sites is 1. The Balaban J connectivity index is 1.39. The van der Waals surface area contributed by atoms with Crippen molar-refractivity contribution in [2.75, 3.05) is 11.4 Å². The van der Waals surface area contributed by atoms with Crippen LogP contribution < -0.4 is 20.3 Å². The van der Waals surface area contributed by atoms with Crippen molar-refractivity contribution in [3.8, 4) is 11.5 Å². The smallest absolute Gasteiger partial charge is 0.243 e. The Bertz CT molecular complexity index is 894. The van der Waals surface area contributed by atoms with Crippen LogP contribution in [0.1, 0.15) is 25.7 Å². The van der Waals surface area contributed by atoms with Crippen LogP contribution in [0.15, 0.2) is 54.6 Å². The molecule has 7 nitrogen and oxygen atoms in total. The second kappa shape index (κ2) is 8.34. The zero-order valence-corrected chi connectivity index (χ0v) is 16.0. The van der Waals surface area contributed by atoms with E-state index in [0.29, 0.717) is 24.3 Å². The van der Waals surface area contributed by atoms with E-state index >= 15 is 0 Å². The normalized spacial score (nSPS) is 18.4. The van der Waals surface area contributed by atoms with Gasteiger partial charge in [-0.1, -0.05) is 18.2 Å². The zero-order valence-electron chi connectivity index (χ0n) is 16.0. The fraction of sp³-hybridized carbons (Fsp3) is 0.318. The van der Waals surface area contributed by atoms with Gasteiger partial charge < -0.3 is 15.4 Å². The van der Waals surface area contributed by atoms with Crippen molar-refractivity contribution in [1.29, 1.82) is 0 Å². The van der Waals surface area contributed by atoms with Crippen molar-refractivity contribution >= 4 is 23.4 Å². The molecule has 1 aliphatic carbocycles. The van der Waals surface area contributed by atoms with E-state index in [1.807, 2.05) is 30.3 Å². The summed E-state index contributed by atoms with van der Waals surface area (Å²) in [5.41, 5.74) is 0.635. The molecule has 3 amide bonds. The second-order valence-corrected chi connectivity index (χ2v) is 7.29. The number of amides is 3. The van der Waals surface area contributed by atoms with Crippen LogP contribution in [-0.4, -0.2) is 36.3 Å². The summed E-state index contributed by atoms with van der Waals surface area (Å²) < 4.78 is 5.77. The average molecular weight is 393 g/mol. The first-order valence-corrected chi connectivity index (χ1v) is 9.82. The number of carbonyl (C=O) groups excluding carboxylic acids is 3. The van der Waals surface area contributed by atoms with Gasteiger partial charge >= 0.3 is 0 Å². The fourth-order valence-electron chi connectivity index (χ4n) is 3.35. The lowest BCUT2D eigenvalue weighted by Crippen LogP contribution is -2.47. The van der Waals surface area contributed by atoms with Gasteiger partial charge in [-0.15, -0.1) is 0 Å². The van der Waals surface area contributed by atoms with Gasteiger partial charge in [0.05, 0.1) is 6.54 Å². The lowest BCUT2D eigenvalue weighted by Gasteiger charge is -2.24. The molecule has 0 bridgehead atoms. The highest BCUT2D eigenvalue weighted by atomic mass is 16.5. The Morgan fingerprint density at radius 1 is 0.966 bits per heavy atom. The number of carbonyl (C=O) groups is 3. The molecule has 29 heavy (non-hydrogen) atoms. The van der Waals surface area contributed by atoms with E-state index in [2.05, 4.69) is 10.6 Å². The minimum Gasteiger partial charge on any atom is -0.457 e. The third kappa shape index (κ3) is 4.74. The van der Waals surface area contributed by atoms with Crippen LogP contribution in [0.4, 0.5) is 5.69 Å². The molecule has 2 N–H and O–H groups in total. The molecule has 1 atom stereocenters. The number of nitrogens with one attached hydrogen (secondary N) is 2. The largest absolute Gasteiger partial charge is 0.457 e. The van der Waals surface area contributed by atoms with Crippen LogP contribution in [0.25, 0.3) is 0 Å². The van der Waals surface area contributed by atoms with Gasteiger partial charge in [0.1, 0.15) is 17.5 Å². The summed E-state index contributed by atoms with van der Waals surface area (Å²) in [5, 5.41) is 5.48. The van der Waals surface area contributed by atoms with Crippen molar-refractivity contribution in [1.82, 2.24) is 10.6 Å². The van der Waals surface area contributed by atoms with Crippen LogP contribution in [0.3, 0.4) is 0 Å². The third-order valence-corrected chi connectivity index (χ3v) is 4.97. The summed E-state index contributed by atoms with van der Waals surface area (Å²) in [6.45, 7) is -0.0717. The third-order valence-electron chi connectivity index (χ3n) is 4.97. The Hall–Kier alpha value is -3.35. The number of rotatable bonds is 7. The monoisotopic (exact) mass is 393 g/mol. The van der Waals surface area contributed by atoms with Gasteiger partial charge in [-0.05, 0) is 55.7 Å². The summed E-state index contributed by atoms with van der Waals surface area (Å²) in [4.78, 5) is 38.3. The van der Waals surface area contributed by atoms with Gasteiger partial charge in [0.2, 0.25) is 17.7 Å². The summed E-state index contributed by atoms with van der Waals surface area (Å²) in [5.74, 6) is 0.749. The maximum Gasteiger partial charge on any atom is 0.243 e. The van der Waals surface area contributed by atoms with Gasteiger partial charge in [-0.25, -0.2) is 0 Å². The summed E-state index contributed by atoms with van der Waals surface area (Å²) in [6, 6.07) is 16.1. The van der Waals surface area contributed by atoms with E-state index in [9.17, 15) is 14.4 Å². The Morgan fingerprint density at radius 3 is 2.34 bits per heavy atom. The number of benzene rings is 2. The van der Waals surface area contributed by atoms with E-state index in [1.54, 1.807) is 24.3 Å². The minimum absolute atomic E-state index is 0.0717. The summed E-state index contributed by atoms with van der Waals surface area (Å²) in [7, 11) is 0. The summed E-state index contributed by atoms with van der Waals surface area (Å²) >= 11 is 0. The number of nitrogens with zero attached hydrogens (tertiary/aromatic N) is 1. The fourth-order valence-corrected chi connectivity index (χ4v) is 3.35. The number of hydrogen-bond donors (Lipinski definition) is 2. The molecule has 1 saturated carbocycles. The highest BCUT2D eigenvalue weighted by molar-refractivity contribution is 6.04. The molecule has 2 aromatic rings. The molecule has 7 heteroatoms. The number of anilines is 1. The first-order valence-electron chi connectivity index (χ1n) is 9.82. The SMILES string of the molecule is O=C(CNC(=O)C1CCC(=O)N1c1ccc(Oc2ccccc2)cc1)NC1CC1. The van der Waals surface area contributed by atoms with E-state index in [4.69, 9.17) is 4.74 Å². The molecule has 2 fully saturated rings. The molecule has 2 aromatic carbocycles. The van der Waals surface area contributed by atoms with E-state index in [0.717, 1.165) is 18.6 Å². The average Bonchev–Trinajstić information content (AvgIpc) is 3.46. The van der Waals surface area contributed by atoms with Crippen molar-refractivity contribution in [2.24, 2.45) is 0 Å². The van der Waals surface area contributed by atoms with E-state index < -0.39 is 6.04 Å². The second-order valence-electron chi connectivity index (χ2n) is 7.29. The van der Waals surface area contributed by atoms with Gasteiger partial charge in [-0.3, -0.25) is 19.3 Å². The number of hydrogen-bond acceptors (Lipinski definition) is 4. The standard InChI is InChI=1S/C22H23N3O4/c26-20(24-15-6-7-15)14-23-22(28)19-12-13-21(27)25(19)16-8-10-18(11-9-16)29-17-4-2-1-3-5-17/h1-5,8-11,15,19H,6-7,12-14H2,(H,23,28)(H,24,26). The molecule has 2 aliphatic rings. The van der Waals surface area contributed by atoms with Crippen LogP contribution in [0, 0.1) is 0 Å². The van der Waals surface area contributed by atoms with Gasteiger partial charge in [0, 0.05) is 18.2 Å². The first kappa shape index (κ1) is 19.0. The molecule has 4 rings (SSSR count). The van der Waals surface area contributed by atoms with E-state index in [1.165, 1.54) is 4.90 Å². The maximum absolute atomic E-state index is 12.6. The lowest BCUT2D eigenvalue weighted by atomic mass is 10.2. The molecular formula is C22H23N3O4. The van der Waals surface area contributed by atoms with Crippen molar-refractivity contribution < 1.29 is 19.1 Å². The summed E-state index contributed by atoms with van der Waals surface area (Å²) in [6.07, 6.45) is 2.72. The van der Waals surface area contributed by atoms with Crippen molar-refractivity contribution in [2.45, 2.75) is 37.8 Å². The highest BCUT2D eigenvalue weighted by Crippen LogP contribution is 2.30. The Labute approximate surface area is 169 Å². The molecule has 1 unspecified atom stereocenters. The van der Waals surface area contributed by atoms with Gasteiger partial charge in [0.25, 0.3) is 0 Å². The first-order chi connectivity index (χ1) is 14.1. The molecule has 150 valence electrons. The van der Waals surface area contributed by atoms with Crippen LogP contribution in [0.2, 0.25) is 0 Å². The highest BCUT2D eigenvalue weighted by Gasteiger charge is 2.37. The van der Waals surface area contributed by atoms with E-state index in [-0.39, 0.29) is 30.3 Å². The topological polar surface area (TPSA) is 87.7 Å². The quantitative estimate of drug-likeness (QED) is 0.756. The molecule has 1 saturated heterocycles. The van der Waals surface area contributed by atoms with Crippen LogP contribution in [0.5, 0.6) is 11.5 Å². The van der Waals surface area contributed by atoms with Crippen molar-refractivity contribution in [3.63, 3.8) is 0 Å².